The maximum Gasteiger partial charge on any atom is 0.276 e. The van der Waals surface area contributed by atoms with Crippen LogP contribution in [-0.4, -0.2) is 34.3 Å². The minimum absolute atomic E-state index is 0.0725. The fraction of sp³-hybridized carbons (Fsp3) is 0.440. The highest BCUT2D eigenvalue weighted by molar-refractivity contribution is 7.94. The van der Waals surface area contributed by atoms with Crippen molar-refractivity contribution < 1.29 is 13.2 Å². The van der Waals surface area contributed by atoms with Crippen molar-refractivity contribution in [2.45, 2.75) is 70.9 Å². The SMILES string of the molecule is C#CC/C(=C\C=C)C(C)(C)C(C)(C)S(=O)(=O)c1nnc(NC(=O)c2ccccn2)s1.CC.CC. The van der Waals surface area contributed by atoms with Crippen LogP contribution in [0, 0.1) is 17.8 Å². The number of anilines is 1. The number of nitrogens with zero attached hydrogens (tertiary/aromatic N) is 3. The highest BCUT2D eigenvalue weighted by Gasteiger charge is 2.51. The van der Waals surface area contributed by atoms with Crippen LogP contribution in [0.3, 0.4) is 0 Å². The van der Waals surface area contributed by atoms with Gasteiger partial charge in [-0.3, -0.25) is 15.1 Å². The Morgan fingerprint density at radius 3 is 2.29 bits per heavy atom. The van der Waals surface area contributed by atoms with Crippen molar-refractivity contribution >= 4 is 32.2 Å². The second kappa shape index (κ2) is 13.8. The van der Waals surface area contributed by atoms with Crippen molar-refractivity contribution in [1.29, 1.82) is 0 Å². The summed E-state index contributed by atoms with van der Waals surface area (Å²) in [6, 6.07) is 4.90. The molecule has 1 amide bonds. The van der Waals surface area contributed by atoms with Crippen molar-refractivity contribution in [3.05, 3.63) is 54.4 Å². The number of amides is 1. The van der Waals surface area contributed by atoms with Crippen LogP contribution in [0.5, 0.6) is 0 Å². The highest BCUT2D eigenvalue weighted by Crippen LogP contribution is 2.47. The first-order chi connectivity index (χ1) is 16.0. The molecule has 2 heterocycles. The Bertz CT molecular complexity index is 1110. The third-order valence-corrected chi connectivity index (χ3v) is 9.28. The predicted octanol–water partition coefficient (Wildman–Crippen LogP) is 5.95. The van der Waals surface area contributed by atoms with E-state index in [2.05, 4.69) is 33.0 Å². The van der Waals surface area contributed by atoms with Crippen LogP contribution < -0.4 is 5.32 Å². The minimum Gasteiger partial charge on any atom is -0.295 e. The number of nitrogens with one attached hydrogen (secondary N) is 1. The van der Waals surface area contributed by atoms with Crippen molar-refractivity contribution in [3.8, 4) is 12.3 Å². The van der Waals surface area contributed by atoms with Gasteiger partial charge >= 0.3 is 0 Å². The summed E-state index contributed by atoms with van der Waals surface area (Å²) in [7, 11) is -3.92. The molecule has 34 heavy (non-hydrogen) atoms. The fourth-order valence-corrected chi connectivity index (χ4v) is 5.87. The van der Waals surface area contributed by atoms with E-state index in [9.17, 15) is 13.2 Å². The molecule has 0 saturated carbocycles. The molecule has 9 heteroatoms. The molecule has 2 aromatic rings. The van der Waals surface area contributed by atoms with Gasteiger partial charge in [0.1, 0.15) is 5.69 Å². The Kier molecular flexibility index (Phi) is 12.6. The molecule has 0 fully saturated rings. The third kappa shape index (κ3) is 6.84. The average Bonchev–Trinajstić information content (AvgIpc) is 3.31. The summed E-state index contributed by atoms with van der Waals surface area (Å²) < 4.78 is 25.5. The lowest BCUT2D eigenvalue weighted by molar-refractivity contribution is 0.102. The number of rotatable bonds is 8. The lowest BCUT2D eigenvalue weighted by Crippen LogP contribution is -2.47. The lowest BCUT2D eigenvalue weighted by Gasteiger charge is -2.41. The second-order valence-corrected chi connectivity index (χ2v) is 11.1. The van der Waals surface area contributed by atoms with Gasteiger partial charge in [-0.05, 0) is 26.0 Å². The van der Waals surface area contributed by atoms with E-state index >= 15 is 0 Å². The predicted molar refractivity (Wildman–Crippen MR) is 142 cm³/mol. The van der Waals surface area contributed by atoms with Crippen molar-refractivity contribution in [1.82, 2.24) is 15.2 Å². The number of hydrogen-bond acceptors (Lipinski definition) is 7. The summed E-state index contributed by atoms with van der Waals surface area (Å²) in [4.78, 5) is 16.2. The second-order valence-electron chi connectivity index (χ2n) is 7.49. The molecule has 0 aliphatic heterocycles. The first-order valence-corrected chi connectivity index (χ1v) is 13.3. The maximum atomic E-state index is 13.5. The fourth-order valence-electron chi connectivity index (χ4n) is 2.71. The number of hydrogen-bond donors (Lipinski definition) is 1. The zero-order chi connectivity index (χ0) is 26.6. The number of pyridine rings is 1. The van der Waals surface area contributed by atoms with Gasteiger partial charge in [0.15, 0.2) is 0 Å². The quantitative estimate of drug-likeness (QED) is 0.271. The van der Waals surface area contributed by atoms with Crippen LogP contribution in [0.1, 0.15) is 72.3 Å². The summed E-state index contributed by atoms with van der Waals surface area (Å²) in [5.41, 5.74) is 0.129. The first-order valence-electron chi connectivity index (χ1n) is 11.0. The molecule has 0 spiro atoms. The molecule has 0 aromatic carbocycles. The molecule has 2 aromatic heterocycles. The molecule has 0 atom stereocenters. The molecule has 1 N–H and O–H groups in total. The van der Waals surface area contributed by atoms with E-state index in [0.29, 0.717) is 6.42 Å². The molecular formula is C25H36N4O3S2. The third-order valence-electron chi connectivity index (χ3n) is 5.35. The molecule has 2 rings (SSSR count). The molecule has 0 bridgehead atoms. The number of aromatic nitrogens is 3. The lowest BCUT2D eigenvalue weighted by atomic mass is 9.72. The number of carbonyl (C=O) groups excluding carboxylic acids is 1. The Labute approximate surface area is 208 Å². The zero-order valence-electron chi connectivity index (χ0n) is 21.3. The maximum absolute atomic E-state index is 13.5. The Hall–Kier alpha value is -2.83. The summed E-state index contributed by atoms with van der Waals surface area (Å²) >= 11 is 0.794. The monoisotopic (exact) mass is 504 g/mol. The van der Waals surface area contributed by atoms with Crippen LogP contribution in [-0.2, 0) is 9.84 Å². The van der Waals surface area contributed by atoms with Gasteiger partial charge in [0.2, 0.25) is 19.3 Å². The Morgan fingerprint density at radius 1 is 1.18 bits per heavy atom. The molecule has 186 valence electrons. The van der Waals surface area contributed by atoms with Crippen LogP contribution in [0.4, 0.5) is 5.13 Å². The van der Waals surface area contributed by atoms with E-state index in [1.54, 1.807) is 44.2 Å². The number of sulfone groups is 1. The van der Waals surface area contributed by atoms with Crippen LogP contribution in [0.25, 0.3) is 0 Å². The van der Waals surface area contributed by atoms with Gasteiger partial charge in [-0.15, -0.1) is 22.5 Å². The normalized spacial score (nSPS) is 11.7. The summed E-state index contributed by atoms with van der Waals surface area (Å²) in [6.07, 6.45) is 10.6. The van der Waals surface area contributed by atoms with Gasteiger partial charge in [-0.2, -0.15) is 0 Å². The van der Waals surface area contributed by atoms with Gasteiger partial charge in [0.05, 0.1) is 4.75 Å². The largest absolute Gasteiger partial charge is 0.295 e. The average molecular weight is 505 g/mol. The summed E-state index contributed by atoms with van der Waals surface area (Å²) in [6.45, 7) is 18.6. The standard InChI is InChI=1S/C21H24N4O3S2.2C2H6/c1-7-11-15(12-8-2)20(3,4)21(5,6)30(27,28)19-25-24-18(29-19)23-17(26)16-13-9-10-14-22-16;2*1-2/h1,8-10,12-14H,2,11H2,3-6H3,(H,23,24,26);2*1-2H3/b15-12+;;. The molecular weight excluding hydrogens is 468 g/mol. The minimum atomic E-state index is -3.92. The Morgan fingerprint density at radius 2 is 1.79 bits per heavy atom. The van der Waals surface area contributed by atoms with Gasteiger partial charge in [0.25, 0.3) is 5.91 Å². The molecule has 0 radical (unpaired) electrons. The van der Waals surface area contributed by atoms with Crippen LogP contribution in [0.15, 0.2) is 53.0 Å². The summed E-state index contributed by atoms with van der Waals surface area (Å²) in [5, 5.41) is 10.3. The molecule has 0 unspecified atom stereocenters. The molecule has 7 nitrogen and oxygen atoms in total. The first kappa shape index (κ1) is 31.2. The summed E-state index contributed by atoms with van der Waals surface area (Å²) in [5.74, 6) is 2.07. The van der Waals surface area contributed by atoms with E-state index in [4.69, 9.17) is 6.42 Å². The van der Waals surface area contributed by atoms with Crippen LogP contribution >= 0.6 is 11.3 Å². The van der Waals surface area contributed by atoms with E-state index < -0.39 is 25.9 Å². The van der Waals surface area contributed by atoms with Crippen LogP contribution in [0.2, 0.25) is 0 Å². The van der Waals surface area contributed by atoms with Crippen molar-refractivity contribution in [2.75, 3.05) is 5.32 Å². The number of allylic oxidation sites excluding steroid dienone is 3. The van der Waals surface area contributed by atoms with E-state index in [0.717, 1.165) is 16.9 Å². The smallest absolute Gasteiger partial charge is 0.276 e. The number of terminal acetylenes is 1. The van der Waals surface area contributed by atoms with E-state index in [-0.39, 0.29) is 15.2 Å². The molecule has 0 aliphatic carbocycles. The van der Waals surface area contributed by atoms with Crippen molar-refractivity contribution in [2.24, 2.45) is 5.41 Å². The topological polar surface area (TPSA) is 102 Å². The zero-order valence-corrected chi connectivity index (χ0v) is 23.0. The molecule has 0 aliphatic rings. The Balaban J connectivity index is 0.00000258. The van der Waals surface area contributed by atoms with Gasteiger partial charge in [0, 0.05) is 18.0 Å². The van der Waals surface area contributed by atoms with Gasteiger partial charge in [-0.25, -0.2) is 8.42 Å². The highest BCUT2D eigenvalue weighted by atomic mass is 32.2. The molecule has 0 saturated heterocycles. The van der Waals surface area contributed by atoms with E-state index in [1.807, 2.05) is 41.5 Å². The van der Waals surface area contributed by atoms with Gasteiger partial charge < -0.3 is 0 Å². The van der Waals surface area contributed by atoms with Gasteiger partial charge in [-0.1, -0.05) is 83.2 Å². The number of carbonyl (C=O) groups is 1. The van der Waals surface area contributed by atoms with Crippen molar-refractivity contribution in [3.63, 3.8) is 0 Å². The van der Waals surface area contributed by atoms with E-state index in [1.165, 1.54) is 6.20 Å².